The van der Waals surface area contributed by atoms with E-state index in [0.29, 0.717) is 29.2 Å². The number of hydrazone groups is 1. The maximum atomic E-state index is 12.4. The van der Waals surface area contributed by atoms with Gasteiger partial charge in [0.15, 0.2) is 11.5 Å². The van der Waals surface area contributed by atoms with Crippen molar-refractivity contribution < 1.29 is 19.1 Å². The average molecular weight is 510 g/mol. The van der Waals surface area contributed by atoms with Gasteiger partial charge in [0.05, 0.1) is 24.9 Å². The second-order valence-electron chi connectivity index (χ2n) is 7.05. The zero-order valence-corrected chi connectivity index (χ0v) is 19.9. The van der Waals surface area contributed by atoms with Gasteiger partial charge in [-0.15, -0.1) is 0 Å². The molecule has 0 atom stereocenters. The van der Waals surface area contributed by atoms with Crippen LogP contribution in [0, 0.1) is 6.92 Å². The number of esters is 1. The molecule has 0 aliphatic rings. The molecule has 0 fully saturated rings. The minimum atomic E-state index is -0.488. The van der Waals surface area contributed by atoms with Gasteiger partial charge >= 0.3 is 5.97 Å². The van der Waals surface area contributed by atoms with Crippen LogP contribution in [0.3, 0.4) is 0 Å². The van der Waals surface area contributed by atoms with Crippen LogP contribution in [-0.2, 0) is 4.79 Å². The van der Waals surface area contributed by atoms with Crippen molar-refractivity contribution in [2.45, 2.75) is 13.8 Å². The molecule has 0 radical (unpaired) electrons. The Hall–Kier alpha value is -3.65. The molecule has 0 aromatic heterocycles. The molecule has 0 spiro atoms. The van der Waals surface area contributed by atoms with Crippen molar-refractivity contribution in [2.24, 2.45) is 5.10 Å². The maximum absolute atomic E-state index is 12.4. The lowest BCUT2D eigenvalue weighted by Crippen LogP contribution is -2.25. The quantitative estimate of drug-likeness (QED) is 0.184. The molecule has 2 N–H and O–H groups in total. The number of anilines is 1. The maximum Gasteiger partial charge on any atom is 0.343 e. The highest BCUT2D eigenvalue weighted by Gasteiger charge is 2.13. The number of hydrogen-bond donors (Lipinski definition) is 2. The summed E-state index contributed by atoms with van der Waals surface area (Å²) in [4.78, 5) is 24.4. The van der Waals surface area contributed by atoms with Crippen molar-refractivity contribution >= 4 is 39.7 Å². The van der Waals surface area contributed by atoms with Gasteiger partial charge in [0.2, 0.25) is 0 Å². The normalized spacial score (nSPS) is 10.6. The number of benzene rings is 3. The summed E-state index contributed by atoms with van der Waals surface area (Å²) < 4.78 is 12.0. The Morgan fingerprint density at radius 3 is 2.42 bits per heavy atom. The first-order chi connectivity index (χ1) is 15.9. The number of carbonyl (C=O) groups excluding carboxylic acids is 2. The lowest BCUT2D eigenvalue weighted by molar-refractivity contribution is -0.119. The number of hydrogen-bond acceptors (Lipinski definition) is 6. The van der Waals surface area contributed by atoms with E-state index < -0.39 is 5.97 Å². The highest BCUT2D eigenvalue weighted by Crippen LogP contribution is 2.29. The Labute approximate surface area is 200 Å². The fraction of sp³-hybridized carbons (Fsp3) is 0.160. The second-order valence-corrected chi connectivity index (χ2v) is 7.96. The van der Waals surface area contributed by atoms with Crippen molar-refractivity contribution in [2.75, 3.05) is 18.5 Å². The molecule has 8 heteroatoms. The molecule has 3 aromatic carbocycles. The number of amides is 1. The van der Waals surface area contributed by atoms with E-state index >= 15 is 0 Å². The zero-order valence-electron chi connectivity index (χ0n) is 18.3. The van der Waals surface area contributed by atoms with E-state index in [1.54, 1.807) is 42.5 Å². The third-order valence-corrected chi connectivity index (χ3v) is 4.99. The highest BCUT2D eigenvalue weighted by atomic mass is 79.9. The van der Waals surface area contributed by atoms with Gasteiger partial charge < -0.3 is 14.8 Å². The number of halogens is 1. The summed E-state index contributed by atoms with van der Waals surface area (Å²) in [6.45, 7) is 4.32. The van der Waals surface area contributed by atoms with Crippen LogP contribution in [0.2, 0.25) is 0 Å². The molecule has 1 amide bonds. The molecule has 7 nitrogen and oxygen atoms in total. The topological polar surface area (TPSA) is 89.0 Å². The zero-order chi connectivity index (χ0) is 23.6. The van der Waals surface area contributed by atoms with Crippen molar-refractivity contribution in [1.82, 2.24) is 5.43 Å². The molecular weight excluding hydrogens is 486 g/mol. The van der Waals surface area contributed by atoms with E-state index in [2.05, 4.69) is 31.8 Å². The average Bonchev–Trinajstić information content (AvgIpc) is 2.81. The van der Waals surface area contributed by atoms with Crippen molar-refractivity contribution in [3.63, 3.8) is 0 Å². The molecule has 0 saturated heterocycles. The van der Waals surface area contributed by atoms with Gasteiger partial charge in [0.1, 0.15) is 0 Å². The van der Waals surface area contributed by atoms with Crippen LogP contribution in [-0.4, -0.2) is 31.2 Å². The van der Waals surface area contributed by atoms with Gasteiger partial charge in [-0.25, -0.2) is 10.2 Å². The van der Waals surface area contributed by atoms with Crippen LogP contribution < -0.4 is 20.2 Å². The Kier molecular flexibility index (Phi) is 8.60. The first-order valence-electron chi connectivity index (χ1n) is 10.3. The molecule has 170 valence electrons. The van der Waals surface area contributed by atoms with Gasteiger partial charge in [-0.2, -0.15) is 5.10 Å². The molecule has 33 heavy (non-hydrogen) atoms. The predicted molar refractivity (Wildman–Crippen MR) is 132 cm³/mol. The summed E-state index contributed by atoms with van der Waals surface area (Å²) in [6.07, 6.45) is 1.49. The first kappa shape index (κ1) is 24.0. The van der Waals surface area contributed by atoms with E-state index in [0.717, 1.165) is 15.7 Å². The van der Waals surface area contributed by atoms with Crippen LogP contribution >= 0.6 is 15.9 Å². The molecule has 3 aromatic rings. The van der Waals surface area contributed by atoms with E-state index in [-0.39, 0.29) is 12.5 Å². The van der Waals surface area contributed by atoms with E-state index in [4.69, 9.17) is 9.47 Å². The molecule has 3 rings (SSSR count). The number of nitrogens with zero attached hydrogens (tertiary/aromatic N) is 1. The number of nitrogens with one attached hydrogen (secondary N) is 2. The lowest BCUT2D eigenvalue weighted by atomic mass is 10.2. The number of aryl methyl sites for hydroxylation is 1. The summed E-state index contributed by atoms with van der Waals surface area (Å²) in [5.74, 6) is -0.0670. The third-order valence-electron chi connectivity index (χ3n) is 4.46. The molecule has 0 heterocycles. The van der Waals surface area contributed by atoms with Crippen molar-refractivity contribution in [3.05, 3.63) is 87.9 Å². The van der Waals surface area contributed by atoms with E-state index in [9.17, 15) is 9.59 Å². The van der Waals surface area contributed by atoms with Crippen LogP contribution in [0.1, 0.15) is 28.4 Å². The highest BCUT2D eigenvalue weighted by molar-refractivity contribution is 9.10. The minimum absolute atomic E-state index is 0.0928. The molecule has 0 aliphatic carbocycles. The SMILES string of the molecule is CCOc1cc(/C=N\NC(=O)CNc2ccc(C)cc2)ccc1OC(=O)c1ccc(Br)cc1. The van der Waals surface area contributed by atoms with Crippen LogP contribution in [0.15, 0.2) is 76.3 Å². The second kappa shape index (κ2) is 11.8. The predicted octanol–water partition coefficient (Wildman–Crippen LogP) is 4.94. The largest absolute Gasteiger partial charge is 0.490 e. The van der Waals surface area contributed by atoms with Crippen molar-refractivity contribution in [3.8, 4) is 11.5 Å². The van der Waals surface area contributed by atoms with Gasteiger partial charge in [-0.3, -0.25) is 4.79 Å². The Morgan fingerprint density at radius 2 is 1.73 bits per heavy atom. The fourth-order valence-corrected chi connectivity index (χ4v) is 3.04. The molecule has 0 bridgehead atoms. The number of carbonyl (C=O) groups is 2. The Bertz CT molecular complexity index is 1130. The van der Waals surface area contributed by atoms with Crippen molar-refractivity contribution in [1.29, 1.82) is 0 Å². The number of ether oxygens (including phenoxy) is 2. The standard InChI is InChI=1S/C25H24BrN3O4/c1-3-32-23-14-18(6-13-22(23)33-25(31)19-7-9-20(26)10-8-19)15-28-29-24(30)16-27-21-11-4-17(2)5-12-21/h4-15,27H,3,16H2,1-2H3,(H,29,30)/b28-15-. The molecule has 0 aliphatic heterocycles. The van der Waals surface area contributed by atoms with Crippen LogP contribution in [0.4, 0.5) is 5.69 Å². The smallest absolute Gasteiger partial charge is 0.343 e. The Morgan fingerprint density at radius 1 is 1.00 bits per heavy atom. The van der Waals surface area contributed by atoms with E-state index in [1.807, 2.05) is 38.1 Å². The summed E-state index contributed by atoms with van der Waals surface area (Å²) in [6, 6.07) is 19.7. The first-order valence-corrected chi connectivity index (χ1v) is 11.1. The van der Waals surface area contributed by atoms with E-state index in [1.165, 1.54) is 6.21 Å². The summed E-state index contributed by atoms with van der Waals surface area (Å²) in [5, 5.41) is 7.01. The van der Waals surface area contributed by atoms with Crippen LogP contribution in [0.25, 0.3) is 0 Å². The van der Waals surface area contributed by atoms with Gasteiger partial charge in [0, 0.05) is 10.2 Å². The van der Waals surface area contributed by atoms with Crippen LogP contribution in [0.5, 0.6) is 11.5 Å². The minimum Gasteiger partial charge on any atom is -0.490 e. The fourth-order valence-electron chi connectivity index (χ4n) is 2.77. The summed E-state index contributed by atoms with van der Waals surface area (Å²) >= 11 is 3.34. The number of rotatable bonds is 9. The summed E-state index contributed by atoms with van der Waals surface area (Å²) in [7, 11) is 0. The van der Waals surface area contributed by atoms with Gasteiger partial charge in [-0.05, 0) is 74.0 Å². The summed E-state index contributed by atoms with van der Waals surface area (Å²) in [5.41, 5.74) is 5.58. The third kappa shape index (κ3) is 7.47. The Balaban J connectivity index is 1.58. The van der Waals surface area contributed by atoms with Gasteiger partial charge in [0.25, 0.3) is 5.91 Å². The molecular formula is C25H24BrN3O4. The molecule has 0 unspecified atom stereocenters. The monoisotopic (exact) mass is 509 g/mol. The molecule has 0 saturated carbocycles. The lowest BCUT2D eigenvalue weighted by Gasteiger charge is -2.11. The van der Waals surface area contributed by atoms with Gasteiger partial charge in [-0.1, -0.05) is 33.6 Å².